The predicted octanol–water partition coefficient (Wildman–Crippen LogP) is 6.21. The highest BCUT2D eigenvalue weighted by atomic mass is 16.5. The molecule has 1 amide bonds. The number of nitrogens with one attached hydrogen (secondary N) is 2. The molecule has 0 aliphatic heterocycles. The highest BCUT2D eigenvalue weighted by Crippen LogP contribution is 2.44. The normalized spacial score (nSPS) is 13.4. The zero-order chi connectivity index (χ0) is 30.8. The molecule has 0 bridgehead atoms. The molecule has 0 unspecified atom stereocenters. The summed E-state index contributed by atoms with van der Waals surface area (Å²) < 4.78 is 16.9. The van der Waals surface area contributed by atoms with Gasteiger partial charge in [0, 0.05) is 29.4 Å². The van der Waals surface area contributed by atoms with E-state index in [0.29, 0.717) is 17.3 Å². The molecule has 0 fully saturated rings. The van der Waals surface area contributed by atoms with Gasteiger partial charge in [0.15, 0.2) is 0 Å². The van der Waals surface area contributed by atoms with Crippen molar-refractivity contribution in [1.29, 1.82) is 0 Å². The summed E-state index contributed by atoms with van der Waals surface area (Å²) in [7, 11) is 1.31. The maximum atomic E-state index is 13.5. The molecule has 4 aromatic carbocycles. The van der Waals surface area contributed by atoms with Crippen LogP contribution in [0.4, 0.5) is 4.79 Å². The van der Waals surface area contributed by atoms with Crippen molar-refractivity contribution in [2.24, 2.45) is 4.99 Å². The van der Waals surface area contributed by atoms with Gasteiger partial charge in [-0.05, 0) is 46.0 Å². The first-order valence-electron chi connectivity index (χ1n) is 14.7. The number of amides is 1. The number of benzene rings is 4. The number of alkyl carbamates (subject to hydrolysis) is 1. The molecule has 224 valence electrons. The van der Waals surface area contributed by atoms with Gasteiger partial charge >= 0.3 is 12.1 Å². The minimum Gasteiger partial charge on any atom is -0.468 e. The summed E-state index contributed by atoms with van der Waals surface area (Å²) in [6.45, 7) is -0.0535. The monoisotopic (exact) mass is 598 g/mol. The van der Waals surface area contributed by atoms with Gasteiger partial charge in [-0.3, -0.25) is 4.79 Å². The third-order valence-electron chi connectivity index (χ3n) is 8.18. The van der Waals surface area contributed by atoms with Crippen molar-refractivity contribution in [3.63, 3.8) is 0 Å². The van der Waals surface area contributed by atoms with Crippen LogP contribution >= 0.6 is 0 Å². The van der Waals surface area contributed by atoms with E-state index in [1.54, 1.807) is 0 Å². The first-order valence-corrected chi connectivity index (χ1v) is 14.7. The molecular weight excluding hydrogens is 568 g/mol. The number of H-pyrrole nitrogens is 1. The van der Waals surface area contributed by atoms with Gasteiger partial charge in [-0.2, -0.15) is 0 Å². The molecule has 0 radical (unpaired) electrons. The van der Waals surface area contributed by atoms with Crippen molar-refractivity contribution in [1.82, 2.24) is 15.3 Å². The van der Waals surface area contributed by atoms with Gasteiger partial charge < -0.3 is 24.2 Å². The Kier molecular flexibility index (Phi) is 7.57. The Balaban J connectivity index is 1.21. The maximum Gasteiger partial charge on any atom is 0.407 e. The smallest absolute Gasteiger partial charge is 0.407 e. The van der Waals surface area contributed by atoms with E-state index >= 15 is 0 Å². The molecular formula is C36H30N4O5. The second-order valence-corrected chi connectivity index (χ2v) is 10.9. The van der Waals surface area contributed by atoms with Crippen LogP contribution in [0, 0.1) is 0 Å². The summed E-state index contributed by atoms with van der Waals surface area (Å²) in [5.41, 5.74) is 7.34. The van der Waals surface area contributed by atoms with Crippen LogP contribution in [0.15, 0.2) is 113 Å². The van der Waals surface area contributed by atoms with Crippen molar-refractivity contribution in [3.05, 3.63) is 131 Å². The van der Waals surface area contributed by atoms with Gasteiger partial charge in [0.1, 0.15) is 19.2 Å². The van der Waals surface area contributed by atoms with E-state index in [2.05, 4.69) is 39.6 Å². The number of ether oxygens (including phenoxy) is 2. The molecule has 1 aliphatic carbocycles. The average molecular weight is 599 g/mol. The largest absolute Gasteiger partial charge is 0.468 e. The van der Waals surface area contributed by atoms with Crippen molar-refractivity contribution < 1.29 is 23.5 Å². The lowest BCUT2D eigenvalue weighted by molar-refractivity contribution is -0.138. The quantitative estimate of drug-likeness (QED) is 0.201. The van der Waals surface area contributed by atoms with Crippen LogP contribution in [0.25, 0.3) is 32.9 Å². The molecule has 0 saturated carbocycles. The Bertz CT molecular complexity index is 2070. The number of aromatic nitrogens is 2. The maximum absolute atomic E-state index is 13.5. The van der Waals surface area contributed by atoms with Crippen LogP contribution in [-0.2, 0) is 20.7 Å². The van der Waals surface area contributed by atoms with Crippen LogP contribution in [0.1, 0.15) is 34.5 Å². The Labute approximate surface area is 258 Å². The molecule has 2 aromatic heterocycles. The number of aromatic amines is 1. The van der Waals surface area contributed by atoms with Crippen LogP contribution in [0.3, 0.4) is 0 Å². The van der Waals surface area contributed by atoms with Crippen LogP contribution in [0.5, 0.6) is 0 Å². The van der Waals surface area contributed by atoms with Gasteiger partial charge in [-0.25, -0.2) is 14.8 Å². The Morgan fingerprint density at radius 1 is 0.911 bits per heavy atom. The van der Waals surface area contributed by atoms with E-state index in [0.717, 1.165) is 38.7 Å². The SMILES string of the molecule is COC(=O)CN=c1oc([C@H](Cc2c[nH]c3ccccc23)NC(=O)OCC2c3ccccc3-c3ccccc32)nc2ccccc12. The molecule has 9 nitrogen and oxygen atoms in total. The second kappa shape index (κ2) is 12.1. The molecule has 2 N–H and O–H groups in total. The number of hydrogen-bond donors (Lipinski definition) is 2. The van der Waals surface area contributed by atoms with Crippen LogP contribution in [0.2, 0.25) is 0 Å². The molecule has 0 spiro atoms. The van der Waals surface area contributed by atoms with Crippen LogP contribution in [-0.4, -0.2) is 42.3 Å². The van der Waals surface area contributed by atoms with Crippen molar-refractivity contribution in [3.8, 4) is 11.1 Å². The summed E-state index contributed by atoms with van der Waals surface area (Å²) in [6, 6.07) is 31.0. The molecule has 0 saturated heterocycles. The van der Waals surface area contributed by atoms with Gasteiger partial charge in [-0.1, -0.05) is 78.9 Å². The first-order chi connectivity index (χ1) is 22.1. The number of carbonyl (C=O) groups excluding carboxylic acids is 2. The zero-order valence-corrected chi connectivity index (χ0v) is 24.5. The molecule has 2 heterocycles. The van der Waals surface area contributed by atoms with Gasteiger partial charge in [0.2, 0.25) is 11.4 Å². The van der Waals surface area contributed by atoms with E-state index in [1.807, 2.05) is 79.0 Å². The van der Waals surface area contributed by atoms with E-state index in [-0.39, 0.29) is 30.5 Å². The summed E-state index contributed by atoms with van der Waals surface area (Å²) in [4.78, 5) is 37.9. The fraction of sp³-hybridized carbons (Fsp3) is 0.167. The third-order valence-corrected chi connectivity index (χ3v) is 8.18. The third kappa shape index (κ3) is 5.56. The molecule has 1 aliphatic rings. The number of methoxy groups -OCH3 is 1. The summed E-state index contributed by atoms with van der Waals surface area (Å²) in [5.74, 6) is -0.349. The highest BCUT2D eigenvalue weighted by Gasteiger charge is 2.30. The lowest BCUT2D eigenvalue weighted by Crippen LogP contribution is -2.32. The summed E-state index contributed by atoms with van der Waals surface area (Å²) >= 11 is 0. The lowest BCUT2D eigenvalue weighted by Gasteiger charge is -2.19. The van der Waals surface area contributed by atoms with E-state index in [1.165, 1.54) is 7.11 Å². The Morgan fingerprint density at radius 3 is 2.33 bits per heavy atom. The highest BCUT2D eigenvalue weighted by molar-refractivity contribution is 5.83. The standard InChI is InChI=1S/C36H30N4O5/c1-43-33(41)20-38-34-28-15-7-9-17-31(28)39-35(45-34)32(18-22-19-37-30-16-8-6-10-23(22)30)40-36(42)44-21-29-26-13-4-2-11-24(26)25-12-3-5-14-27(25)29/h2-17,19,29,32,37H,18,20-21H2,1H3,(H,40,42)/t32-/m0/s1. The fourth-order valence-electron chi connectivity index (χ4n) is 6.02. The van der Waals surface area contributed by atoms with E-state index in [9.17, 15) is 9.59 Å². The Hall–Kier alpha value is -5.70. The zero-order valence-electron chi connectivity index (χ0n) is 24.5. The number of para-hydroxylation sites is 2. The minimum absolute atomic E-state index is 0.0811. The van der Waals surface area contributed by atoms with Crippen molar-refractivity contribution in [2.75, 3.05) is 20.3 Å². The summed E-state index contributed by atoms with van der Waals surface area (Å²) in [5, 5.41) is 4.67. The fourth-order valence-corrected chi connectivity index (χ4v) is 6.02. The number of hydrogen-bond acceptors (Lipinski definition) is 7. The topological polar surface area (TPSA) is 119 Å². The number of esters is 1. The molecule has 7 rings (SSSR count). The molecule has 45 heavy (non-hydrogen) atoms. The number of carbonyl (C=O) groups is 2. The number of rotatable bonds is 8. The Morgan fingerprint density at radius 2 is 1.58 bits per heavy atom. The molecule has 1 atom stereocenters. The minimum atomic E-state index is -0.712. The molecule has 6 aromatic rings. The predicted molar refractivity (Wildman–Crippen MR) is 169 cm³/mol. The van der Waals surface area contributed by atoms with Crippen molar-refractivity contribution >= 4 is 33.9 Å². The number of nitrogens with zero attached hydrogens (tertiary/aromatic N) is 2. The number of fused-ring (bicyclic) bond motifs is 5. The van der Waals surface area contributed by atoms with E-state index < -0.39 is 18.1 Å². The van der Waals surface area contributed by atoms with Gasteiger partial charge in [0.05, 0.1) is 18.0 Å². The van der Waals surface area contributed by atoms with Gasteiger partial charge in [-0.15, -0.1) is 0 Å². The lowest BCUT2D eigenvalue weighted by atomic mass is 9.98. The second-order valence-electron chi connectivity index (χ2n) is 10.9. The summed E-state index contributed by atoms with van der Waals surface area (Å²) in [6.07, 6.45) is 1.68. The van der Waals surface area contributed by atoms with E-state index in [4.69, 9.17) is 18.9 Å². The average Bonchev–Trinajstić information content (AvgIpc) is 3.64. The first kappa shape index (κ1) is 28.1. The van der Waals surface area contributed by atoms with Gasteiger partial charge in [0.25, 0.3) is 0 Å². The van der Waals surface area contributed by atoms with Crippen molar-refractivity contribution in [2.45, 2.75) is 18.4 Å². The molecule has 9 heteroatoms. The van der Waals surface area contributed by atoms with Crippen LogP contribution < -0.4 is 10.9 Å².